The van der Waals surface area contributed by atoms with Crippen LogP contribution in [-0.2, 0) is 15.6 Å². The highest BCUT2D eigenvalue weighted by Crippen LogP contribution is 2.48. The predicted molar refractivity (Wildman–Crippen MR) is 224 cm³/mol. The number of hydrogen-bond acceptors (Lipinski definition) is 3. The van der Waals surface area contributed by atoms with Crippen LogP contribution in [0.5, 0.6) is 5.75 Å². The van der Waals surface area contributed by atoms with E-state index < -0.39 is 0 Å². The number of benzene rings is 3. The standard InChI is InChI=1S/C47H58BN3O2/c1-7-8-14-32-50-40-21-11-9-19-38(40)46(3,4)42(50)30-26-35-17-16-18-36(45(35)53-37-28-24-34(2)25-29-37)27-31-43-47(5,6)39-20-10-12-22-41(39)51(43)33-15-13-23-44(52)49-48/h9-12,19-22,24-31H,7-8,13-18,23,32-33,48H2,1-6H3/p+1. The third-order valence-electron chi connectivity index (χ3n) is 11.5. The first-order valence-electron chi connectivity index (χ1n) is 20.0. The molecule has 1 amide bonds. The number of carbonyl (C=O) groups is 1. The van der Waals surface area contributed by atoms with E-state index in [0.29, 0.717) is 6.42 Å². The second kappa shape index (κ2) is 16.6. The van der Waals surface area contributed by atoms with Gasteiger partial charge in [0.05, 0.1) is 5.41 Å². The molecule has 0 aromatic heterocycles. The Morgan fingerprint density at radius 2 is 1.60 bits per heavy atom. The third kappa shape index (κ3) is 8.17. The first-order chi connectivity index (χ1) is 25.6. The zero-order chi connectivity index (χ0) is 37.6. The Morgan fingerprint density at radius 1 is 0.868 bits per heavy atom. The minimum Gasteiger partial charge on any atom is -0.457 e. The number of hydrogen-bond donors (Lipinski definition) is 1. The summed E-state index contributed by atoms with van der Waals surface area (Å²) < 4.78 is 9.38. The van der Waals surface area contributed by atoms with E-state index in [1.807, 2.05) is 0 Å². The van der Waals surface area contributed by atoms with Gasteiger partial charge in [0.1, 0.15) is 18.1 Å². The van der Waals surface area contributed by atoms with Crippen molar-refractivity contribution in [2.24, 2.45) is 0 Å². The molecule has 1 aliphatic carbocycles. The van der Waals surface area contributed by atoms with E-state index in [2.05, 4.69) is 153 Å². The average molecular weight is 709 g/mol. The van der Waals surface area contributed by atoms with Crippen LogP contribution in [0, 0.1) is 6.92 Å². The smallest absolute Gasteiger partial charge is 0.217 e. The highest BCUT2D eigenvalue weighted by atomic mass is 16.5. The van der Waals surface area contributed by atoms with Crippen molar-refractivity contribution < 1.29 is 14.1 Å². The molecule has 0 spiro atoms. The summed E-state index contributed by atoms with van der Waals surface area (Å²) in [5.74, 6) is 1.95. The van der Waals surface area contributed by atoms with Gasteiger partial charge in [-0.3, -0.25) is 4.79 Å². The van der Waals surface area contributed by atoms with Gasteiger partial charge in [-0.05, 0) is 99.9 Å². The van der Waals surface area contributed by atoms with E-state index in [0.717, 1.165) is 56.7 Å². The molecule has 276 valence electrons. The number of carbonyl (C=O) groups excluding carboxylic acids is 1. The van der Waals surface area contributed by atoms with E-state index in [-0.39, 0.29) is 16.7 Å². The normalized spacial score (nSPS) is 19.0. The Kier molecular flexibility index (Phi) is 12.0. The molecule has 53 heavy (non-hydrogen) atoms. The van der Waals surface area contributed by atoms with Gasteiger partial charge >= 0.3 is 0 Å². The van der Waals surface area contributed by atoms with Crippen LogP contribution in [0.25, 0.3) is 0 Å². The van der Waals surface area contributed by atoms with Crippen LogP contribution in [0.2, 0.25) is 0 Å². The minimum absolute atomic E-state index is 0.0948. The molecule has 0 radical (unpaired) electrons. The van der Waals surface area contributed by atoms with Crippen molar-refractivity contribution in [1.82, 2.24) is 5.23 Å². The Bertz CT molecular complexity index is 1960. The zero-order valence-electron chi connectivity index (χ0n) is 33.2. The number of ether oxygens (including phenoxy) is 1. The average Bonchev–Trinajstić information content (AvgIpc) is 3.51. The van der Waals surface area contributed by atoms with Crippen LogP contribution in [0.15, 0.2) is 120 Å². The summed E-state index contributed by atoms with van der Waals surface area (Å²) in [5, 5.41) is 2.76. The van der Waals surface area contributed by atoms with Crippen LogP contribution in [0.3, 0.4) is 0 Å². The molecule has 0 saturated carbocycles. The van der Waals surface area contributed by atoms with E-state index >= 15 is 0 Å². The highest BCUT2D eigenvalue weighted by molar-refractivity contribution is 6.14. The van der Waals surface area contributed by atoms with Crippen LogP contribution < -0.4 is 14.9 Å². The lowest BCUT2D eigenvalue weighted by Gasteiger charge is -2.27. The molecule has 2 aliphatic heterocycles. The summed E-state index contributed by atoms with van der Waals surface area (Å²) >= 11 is 0. The van der Waals surface area contributed by atoms with E-state index in [4.69, 9.17) is 4.74 Å². The van der Waals surface area contributed by atoms with Crippen molar-refractivity contribution in [3.8, 4) is 5.75 Å². The summed E-state index contributed by atoms with van der Waals surface area (Å²) in [6, 6.07) is 26.2. The molecule has 3 aromatic carbocycles. The summed E-state index contributed by atoms with van der Waals surface area (Å²) in [6.07, 6.45) is 18.4. The molecule has 6 heteroatoms. The first-order valence-corrected chi connectivity index (χ1v) is 20.0. The van der Waals surface area contributed by atoms with Gasteiger partial charge in [-0.1, -0.05) is 93.8 Å². The molecule has 2 heterocycles. The maximum atomic E-state index is 12.0. The Hall–Kier alpha value is -4.58. The Balaban J connectivity index is 1.40. The molecule has 0 fully saturated rings. The quantitative estimate of drug-likeness (QED) is 0.103. The zero-order valence-corrected chi connectivity index (χ0v) is 33.2. The fourth-order valence-corrected chi connectivity index (χ4v) is 8.40. The number of fused-ring (bicyclic) bond motifs is 2. The van der Waals surface area contributed by atoms with Crippen molar-refractivity contribution >= 4 is 31.0 Å². The molecule has 0 atom stereocenters. The molecule has 5 nitrogen and oxygen atoms in total. The van der Waals surface area contributed by atoms with Gasteiger partial charge in [-0.2, -0.15) is 4.58 Å². The fraction of sp³-hybridized carbons (Fsp3) is 0.404. The van der Waals surface area contributed by atoms with Crippen LogP contribution >= 0.6 is 0 Å². The molecule has 3 aliphatic rings. The number of nitrogens with one attached hydrogen (secondary N) is 1. The molecular weight excluding hydrogens is 649 g/mol. The van der Waals surface area contributed by atoms with Crippen molar-refractivity contribution in [3.05, 3.63) is 136 Å². The number of allylic oxidation sites excluding steroid dienone is 7. The topological polar surface area (TPSA) is 44.6 Å². The third-order valence-corrected chi connectivity index (χ3v) is 11.5. The number of nitrogens with zero attached hydrogens (tertiary/aromatic N) is 2. The van der Waals surface area contributed by atoms with Crippen molar-refractivity contribution in [2.45, 2.75) is 110 Å². The highest BCUT2D eigenvalue weighted by Gasteiger charge is 2.44. The fourth-order valence-electron chi connectivity index (χ4n) is 8.40. The van der Waals surface area contributed by atoms with Gasteiger partial charge in [-0.25, -0.2) is 0 Å². The van der Waals surface area contributed by atoms with Gasteiger partial charge in [0.25, 0.3) is 0 Å². The van der Waals surface area contributed by atoms with Gasteiger partial charge in [-0.15, -0.1) is 0 Å². The first kappa shape index (κ1) is 38.2. The number of amides is 1. The molecule has 1 N–H and O–H groups in total. The lowest BCUT2D eigenvalue weighted by molar-refractivity contribution is -0.438. The number of rotatable bonds is 14. The monoisotopic (exact) mass is 708 g/mol. The molecule has 0 unspecified atom stereocenters. The van der Waals surface area contributed by atoms with Crippen LogP contribution in [0.4, 0.5) is 11.4 Å². The van der Waals surface area contributed by atoms with Gasteiger partial charge in [0.15, 0.2) is 5.71 Å². The lowest BCUT2D eigenvalue weighted by Crippen LogP contribution is -2.28. The van der Waals surface area contributed by atoms with Crippen LogP contribution in [0.1, 0.15) is 109 Å². The van der Waals surface area contributed by atoms with E-state index in [9.17, 15) is 4.79 Å². The molecule has 0 saturated heterocycles. The molecule has 3 aromatic rings. The van der Waals surface area contributed by atoms with E-state index in [1.54, 1.807) is 7.98 Å². The van der Waals surface area contributed by atoms with Gasteiger partial charge in [0, 0.05) is 53.9 Å². The van der Waals surface area contributed by atoms with Crippen molar-refractivity contribution in [2.75, 3.05) is 18.0 Å². The Labute approximate surface area is 319 Å². The molecular formula is C47H59BN3O2+. The maximum absolute atomic E-state index is 12.0. The van der Waals surface area contributed by atoms with Crippen molar-refractivity contribution in [3.63, 3.8) is 0 Å². The number of aryl methyl sites for hydroxylation is 1. The summed E-state index contributed by atoms with van der Waals surface area (Å²) in [5.41, 5.74) is 11.4. The van der Waals surface area contributed by atoms with Gasteiger partial charge in [0.2, 0.25) is 19.6 Å². The largest absolute Gasteiger partial charge is 0.457 e. The van der Waals surface area contributed by atoms with Crippen molar-refractivity contribution in [1.29, 1.82) is 0 Å². The SMILES string of the molecule is BNC(=O)CCCC[N+]1=C(/C=C/C2=C(Oc3ccc(C)cc3)C(=C/C=C3/N(CCCCC)c4ccccc4C3(C)C)/CCC2)C(C)(C)c2ccccc21. The minimum atomic E-state index is -0.158. The second-order valence-electron chi connectivity index (χ2n) is 16.0. The van der Waals surface area contributed by atoms with Gasteiger partial charge < -0.3 is 14.9 Å². The number of para-hydroxylation sites is 2. The molecule has 0 bridgehead atoms. The predicted octanol–water partition coefficient (Wildman–Crippen LogP) is 10.1. The number of unbranched alkanes of at least 4 members (excludes halogenated alkanes) is 3. The van der Waals surface area contributed by atoms with Crippen LogP contribution in [-0.4, -0.2) is 37.3 Å². The maximum Gasteiger partial charge on any atom is 0.217 e. The number of anilines is 1. The molecule has 6 rings (SSSR count). The van der Waals surface area contributed by atoms with E-state index in [1.165, 1.54) is 69.9 Å². The lowest BCUT2D eigenvalue weighted by atomic mass is 9.81. The summed E-state index contributed by atoms with van der Waals surface area (Å²) in [4.78, 5) is 14.5. The summed E-state index contributed by atoms with van der Waals surface area (Å²) in [6.45, 7) is 15.7. The second-order valence-corrected chi connectivity index (χ2v) is 16.0. The Morgan fingerprint density at radius 3 is 2.36 bits per heavy atom. The summed E-state index contributed by atoms with van der Waals surface area (Å²) in [7, 11) is 1.71.